The number of halogens is 3. The van der Waals surface area contributed by atoms with Crippen LogP contribution >= 0.6 is 23.2 Å². The van der Waals surface area contributed by atoms with Crippen LogP contribution in [0, 0.1) is 5.82 Å². The first kappa shape index (κ1) is 16.3. The van der Waals surface area contributed by atoms with Gasteiger partial charge in [0.2, 0.25) is 5.91 Å². The molecule has 1 amide bonds. The van der Waals surface area contributed by atoms with Crippen LogP contribution in [0.25, 0.3) is 0 Å². The first-order valence-corrected chi connectivity index (χ1v) is 8.14. The van der Waals surface area contributed by atoms with Crippen LogP contribution in [-0.4, -0.2) is 17.9 Å². The molecule has 0 aromatic heterocycles. The summed E-state index contributed by atoms with van der Waals surface area (Å²) in [4.78, 5) is 14.5. The molecule has 23 heavy (non-hydrogen) atoms. The number of carbonyl (C=O) groups is 1. The number of likely N-dealkylation sites (N-methyl/N-ethyl adjacent to an activating group) is 1. The Morgan fingerprint density at radius 3 is 2.43 bits per heavy atom. The predicted octanol–water partition coefficient (Wildman–Crippen LogP) is 4.82. The van der Waals surface area contributed by atoms with E-state index in [1.165, 1.54) is 12.1 Å². The lowest BCUT2D eigenvalue weighted by Gasteiger charge is -2.24. The third-order valence-electron chi connectivity index (χ3n) is 4.34. The molecule has 2 aromatic rings. The maximum atomic E-state index is 13.1. The fourth-order valence-electron chi connectivity index (χ4n) is 2.88. The van der Waals surface area contributed by atoms with E-state index in [1.54, 1.807) is 30.1 Å². The largest absolute Gasteiger partial charge is 0.341 e. The number of carbonyl (C=O) groups excluding carboxylic acids is 1. The van der Waals surface area contributed by atoms with Crippen molar-refractivity contribution >= 4 is 29.1 Å². The monoisotopic (exact) mass is 351 g/mol. The van der Waals surface area contributed by atoms with Crippen LogP contribution in [0.3, 0.4) is 0 Å². The van der Waals surface area contributed by atoms with Crippen molar-refractivity contribution in [3.05, 3.63) is 69.5 Å². The molecule has 5 heteroatoms. The highest BCUT2D eigenvalue weighted by Gasteiger charge is 2.52. The van der Waals surface area contributed by atoms with Crippen molar-refractivity contribution < 1.29 is 9.18 Å². The standard InChI is InChI=1S/C18H16Cl2FNO/c1-22(11-12-3-2-4-15(19)16(12)20)17(23)18(9-10-18)13-5-7-14(21)8-6-13/h2-8H,9-11H2,1H3. The van der Waals surface area contributed by atoms with E-state index >= 15 is 0 Å². The summed E-state index contributed by atoms with van der Waals surface area (Å²) in [6, 6.07) is 11.6. The number of hydrogen-bond acceptors (Lipinski definition) is 1. The van der Waals surface area contributed by atoms with Crippen LogP contribution in [0.1, 0.15) is 24.0 Å². The average molecular weight is 352 g/mol. The maximum Gasteiger partial charge on any atom is 0.233 e. The van der Waals surface area contributed by atoms with Gasteiger partial charge in [-0.15, -0.1) is 0 Å². The topological polar surface area (TPSA) is 20.3 Å². The molecule has 120 valence electrons. The molecule has 0 bridgehead atoms. The predicted molar refractivity (Wildman–Crippen MR) is 90.2 cm³/mol. The van der Waals surface area contributed by atoms with Crippen LogP contribution in [-0.2, 0) is 16.8 Å². The Hall–Kier alpha value is -1.58. The van der Waals surface area contributed by atoms with E-state index in [4.69, 9.17) is 23.2 Å². The first-order chi connectivity index (χ1) is 10.9. The van der Waals surface area contributed by atoms with E-state index < -0.39 is 5.41 Å². The summed E-state index contributed by atoms with van der Waals surface area (Å²) >= 11 is 12.2. The van der Waals surface area contributed by atoms with Crippen molar-refractivity contribution in [2.45, 2.75) is 24.8 Å². The van der Waals surface area contributed by atoms with Crippen LogP contribution in [0.2, 0.25) is 10.0 Å². The number of rotatable bonds is 4. The second-order valence-corrected chi connectivity index (χ2v) is 6.75. The molecule has 2 aromatic carbocycles. The molecule has 0 heterocycles. The van der Waals surface area contributed by atoms with Crippen molar-refractivity contribution in [3.63, 3.8) is 0 Å². The first-order valence-electron chi connectivity index (χ1n) is 7.38. The minimum atomic E-state index is -0.520. The highest BCUT2D eigenvalue weighted by molar-refractivity contribution is 6.42. The smallest absolute Gasteiger partial charge is 0.233 e. The van der Waals surface area contributed by atoms with Gasteiger partial charge in [-0.1, -0.05) is 47.5 Å². The molecule has 0 radical (unpaired) electrons. The molecule has 2 nitrogen and oxygen atoms in total. The Kier molecular flexibility index (Phi) is 4.35. The third kappa shape index (κ3) is 3.08. The molecule has 0 saturated heterocycles. The second kappa shape index (κ2) is 6.14. The normalized spacial score (nSPS) is 15.3. The number of benzene rings is 2. The van der Waals surface area contributed by atoms with E-state index in [1.807, 2.05) is 12.1 Å². The van der Waals surface area contributed by atoms with Gasteiger partial charge in [-0.3, -0.25) is 4.79 Å². The molecular formula is C18H16Cl2FNO. The summed E-state index contributed by atoms with van der Waals surface area (Å²) in [5.41, 5.74) is 1.16. The molecule has 0 spiro atoms. The summed E-state index contributed by atoms with van der Waals surface area (Å²) in [5, 5.41) is 0.949. The van der Waals surface area contributed by atoms with Gasteiger partial charge in [0.05, 0.1) is 15.5 Å². The Labute approximate surface area is 144 Å². The number of hydrogen-bond donors (Lipinski definition) is 0. The molecule has 1 fully saturated rings. The molecule has 0 atom stereocenters. The highest BCUT2D eigenvalue weighted by Crippen LogP contribution is 2.49. The summed E-state index contributed by atoms with van der Waals surface area (Å²) in [6.45, 7) is 0.390. The zero-order valence-electron chi connectivity index (χ0n) is 12.7. The number of nitrogens with zero attached hydrogens (tertiary/aromatic N) is 1. The molecule has 1 aliphatic rings. The number of amides is 1. The summed E-state index contributed by atoms with van der Waals surface area (Å²) < 4.78 is 13.1. The minimum absolute atomic E-state index is 0.0279. The Morgan fingerprint density at radius 2 is 1.83 bits per heavy atom. The van der Waals surface area contributed by atoms with Crippen molar-refractivity contribution in [2.75, 3.05) is 7.05 Å². The van der Waals surface area contributed by atoms with Gasteiger partial charge in [0.1, 0.15) is 5.82 Å². The van der Waals surface area contributed by atoms with Crippen molar-refractivity contribution in [3.8, 4) is 0 Å². The molecule has 3 rings (SSSR count). The molecule has 0 N–H and O–H groups in total. The van der Waals surface area contributed by atoms with Crippen LogP contribution in [0.5, 0.6) is 0 Å². The Morgan fingerprint density at radius 1 is 1.17 bits per heavy atom. The van der Waals surface area contributed by atoms with Gasteiger partial charge in [-0.2, -0.15) is 0 Å². The highest BCUT2D eigenvalue weighted by atomic mass is 35.5. The average Bonchev–Trinajstić information content (AvgIpc) is 3.33. The SMILES string of the molecule is CN(Cc1cccc(Cl)c1Cl)C(=O)C1(c2ccc(F)cc2)CC1. The molecule has 1 aliphatic carbocycles. The van der Waals surface area contributed by atoms with Crippen LogP contribution in [0.4, 0.5) is 4.39 Å². The molecule has 0 unspecified atom stereocenters. The molecular weight excluding hydrogens is 336 g/mol. The van der Waals surface area contributed by atoms with E-state index in [2.05, 4.69) is 0 Å². The lowest BCUT2D eigenvalue weighted by atomic mass is 9.94. The van der Waals surface area contributed by atoms with Crippen molar-refractivity contribution in [1.82, 2.24) is 4.90 Å². The van der Waals surface area contributed by atoms with E-state index in [0.29, 0.717) is 16.6 Å². The van der Waals surface area contributed by atoms with Crippen molar-refractivity contribution in [1.29, 1.82) is 0 Å². The summed E-state index contributed by atoms with van der Waals surface area (Å²) in [6.07, 6.45) is 1.57. The fourth-order valence-corrected chi connectivity index (χ4v) is 3.26. The zero-order chi connectivity index (χ0) is 16.6. The second-order valence-electron chi connectivity index (χ2n) is 5.96. The van der Waals surface area contributed by atoms with Gasteiger partial charge >= 0.3 is 0 Å². The maximum absolute atomic E-state index is 13.1. The summed E-state index contributed by atoms with van der Waals surface area (Å²) in [5.74, 6) is -0.267. The Bertz CT molecular complexity index is 741. The molecule has 1 saturated carbocycles. The van der Waals surface area contributed by atoms with Gasteiger partial charge in [-0.25, -0.2) is 4.39 Å². The van der Waals surface area contributed by atoms with E-state index in [0.717, 1.165) is 24.0 Å². The minimum Gasteiger partial charge on any atom is -0.341 e. The van der Waals surface area contributed by atoms with Crippen LogP contribution in [0.15, 0.2) is 42.5 Å². The zero-order valence-corrected chi connectivity index (χ0v) is 14.2. The van der Waals surface area contributed by atoms with Crippen molar-refractivity contribution in [2.24, 2.45) is 0 Å². The quantitative estimate of drug-likeness (QED) is 0.772. The van der Waals surface area contributed by atoms with E-state index in [-0.39, 0.29) is 11.7 Å². The van der Waals surface area contributed by atoms with Gasteiger partial charge in [0.15, 0.2) is 0 Å². The lowest BCUT2D eigenvalue weighted by molar-refractivity contribution is -0.133. The fraction of sp³-hybridized carbons (Fsp3) is 0.278. The summed E-state index contributed by atoms with van der Waals surface area (Å²) in [7, 11) is 1.75. The van der Waals surface area contributed by atoms with Gasteiger partial charge in [-0.05, 0) is 42.2 Å². The van der Waals surface area contributed by atoms with Gasteiger partial charge < -0.3 is 4.90 Å². The van der Waals surface area contributed by atoms with Gasteiger partial charge in [0, 0.05) is 13.6 Å². The van der Waals surface area contributed by atoms with Crippen LogP contribution < -0.4 is 0 Å². The van der Waals surface area contributed by atoms with Gasteiger partial charge in [0.25, 0.3) is 0 Å². The Balaban J connectivity index is 1.80. The third-order valence-corrected chi connectivity index (χ3v) is 5.20. The van der Waals surface area contributed by atoms with E-state index in [9.17, 15) is 9.18 Å². The lowest BCUT2D eigenvalue weighted by Crippen LogP contribution is -2.36. The molecule has 0 aliphatic heterocycles.